The predicted molar refractivity (Wildman–Crippen MR) is 32.0 cm³/mol. The van der Waals surface area contributed by atoms with Gasteiger partial charge in [-0.1, -0.05) is 0 Å². The molecule has 0 fully saturated rings. The van der Waals surface area contributed by atoms with E-state index in [9.17, 15) is 4.79 Å². The SMILES string of the molecule is [B]COC(=O)C(C)Cl. The molecular formula is C4H6BClO2. The van der Waals surface area contributed by atoms with Crippen LogP contribution in [0, 0.1) is 0 Å². The molecule has 4 heteroatoms. The maximum atomic E-state index is 10.3. The summed E-state index contributed by atoms with van der Waals surface area (Å²) in [6.07, 6.45) is 0. The zero-order chi connectivity index (χ0) is 6.57. The molecule has 44 valence electrons. The number of carbonyl (C=O) groups excluding carboxylic acids is 1. The van der Waals surface area contributed by atoms with Crippen LogP contribution >= 0.6 is 11.6 Å². The smallest absolute Gasteiger partial charge is 0.322 e. The monoisotopic (exact) mass is 132 g/mol. The van der Waals surface area contributed by atoms with Crippen LogP contribution in [-0.4, -0.2) is 25.7 Å². The van der Waals surface area contributed by atoms with Gasteiger partial charge in [0.05, 0.1) is 0 Å². The Morgan fingerprint density at radius 3 is 2.62 bits per heavy atom. The summed E-state index contributed by atoms with van der Waals surface area (Å²) in [6.45, 7) is 1.43. The first kappa shape index (κ1) is 7.82. The lowest BCUT2D eigenvalue weighted by Gasteiger charge is -2.00. The van der Waals surface area contributed by atoms with E-state index >= 15 is 0 Å². The fraction of sp³-hybridized carbons (Fsp3) is 0.750. The largest absolute Gasteiger partial charge is 0.475 e. The van der Waals surface area contributed by atoms with Crippen LogP contribution in [0.5, 0.6) is 0 Å². The van der Waals surface area contributed by atoms with Gasteiger partial charge < -0.3 is 4.74 Å². The molecule has 0 saturated carbocycles. The van der Waals surface area contributed by atoms with Crippen LogP contribution in [0.25, 0.3) is 0 Å². The van der Waals surface area contributed by atoms with Crippen LogP contribution in [0.15, 0.2) is 0 Å². The van der Waals surface area contributed by atoms with E-state index in [1.54, 1.807) is 0 Å². The second-order valence-electron chi connectivity index (χ2n) is 1.25. The van der Waals surface area contributed by atoms with Crippen LogP contribution in [0.3, 0.4) is 0 Å². The number of esters is 1. The highest BCUT2D eigenvalue weighted by molar-refractivity contribution is 6.29. The van der Waals surface area contributed by atoms with E-state index in [0.29, 0.717) is 0 Å². The van der Waals surface area contributed by atoms with Crippen molar-refractivity contribution in [1.29, 1.82) is 0 Å². The Labute approximate surface area is 54.6 Å². The Bertz CT molecular complexity index is 84.1. The zero-order valence-corrected chi connectivity index (χ0v) is 5.31. The molecule has 0 aliphatic heterocycles. The van der Waals surface area contributed by atoms with Gasteiger partial charge in [-0.25, -0.2) is 0 Å². The second-order valence-corrected chi connectivity index (χ2v) is 1.90. The van der Waals surface area contributed by atoms with Gasteiger partial charge in [-0.2, -0.15) is 0 Å². The van der Waals surface area contributed by atoms with Crippen LogP contribution in [0.2, 0.25) is 0 Å². The first-order valence-electron chi connectivity index (χ1n) is 2.19. The van der Waals surface area contributed by atoms with E-state index in [1.165, 1.54) is 6.92 Å². The van der Waals surface area contributed by atoms with Gasteiger partial charge in [0.1, 0.15) is 13.2 Å². The Morgan fingerprint density at radius 1 is 2.00 bits per heavy atom. The average molecular weight is 132 g/mol. The maximum absolute atomic E-state index is 10.3. The Kier molecular flexibility index (Phi) is 3.70. The van der Waals surface area contributed by atoms with E-state index in [4.69, 9.17) is 19.4 Å². The average Bonchev–Trinajstić information content (AvgIpc) is 1.67. The van der Waals surface area contributed by atoms with Crippen molar-refractivity contribution in [1.82, 2.24) is 0 Å². The Hall–Kier alpha value is -0.175. The molecule has 0 amide bonds. The molecule has 1 unspecified atom stereocenters. The number of alkyl halides is 1. The van der Waals surface area contributed by atoms with E-state index in [-0.39, 0.29) is 6.51 Å². The van der Waals surface area contributed by atoms with E-state index < -0.39 is 11.3 Å². The summed E-state index contributed by atoms with van der Waals surface area (Å²) in [5, 5.41) is -0.599. The normalized spacial score (nSPS) is 12.8. The standard InChI is InChI=1S/C4H6BClO2/c1-3(6)4(7)8-2-5/h3H,2H2,1H3. The lowest BCUT2D eigenvalue weighted by Crippen LogP contribution is -2.14. The topological polar surface area (TPSA) is 26.3 Å². The number of rotatable bonds is 2. The molecular weight excluding hydrogens is 126 g/mol. The van der Waals surface area contributed by atoms with Crippen molar-refractivity contribution >= 4 is 25.4 Å². The molecule has 0 N–H and O–H groups in total. The van der Waals surface area contributed by atoms with Crippen molar-refractivity contribution < 1.29 is 9.53 Å². The van der Waals surface area contributed by atoms with Gasteiger partial charge in [-0.05, 0) is 6.92 Å². The molecule has 0 aliphatic carbocycles. The summed E-state index contributed by atoms with van der Waals surface area (Å²) in [7, 11) is 4.87. The zero-order valence-electron chi connectivity index (χ0n) is 4.56. The van der Waals surface area contributed by atoms with Crippen molar-refractivity contribution in [3.63, 3.8) is 0 Å². The van der Waals surface area contributed by atoms with E-state index in [0.717, 1.165) is 0 Å². The molecule has 0 aromatic heterocycles. The lowest BCUT2D eigenvalue weighted by molar-refractivity contribution is -0.140. The van der Waals surface area contributed by atoms with Gasteiger partial charge in [0.15, 0.2) is 0 Å². The van der Waals surface area contributed by atoms with Crippen LogP contribution in [-0.2, 0) is 9.53 Å². The molecule has 0 aliphatic rings. The third-order valence-electron chi connectivity index (χ3n) is 0.550. The molecule has 0 aromatic rings. The summed E-state index contributed by atoms with van der Waals surface area (Å²) in [5.41, 5.74) is 0. The Morgan fingerprint density at radius 2 is 2.50 bits per heavy atom. The number of halogens is 1. The molecule has 2 radical (unpaired) electrons. The first-order chi connectivity index (χ1) is 3.68. The van der Waals surface area contributed by atoms with Crippen molar-refractivity contribution in [2.75, 3.05) is 6.51 Å². The molecule has 0 saturated heterocycles. The van der Waals surface area contributed by atoms with E-state index in [2.05, 4.69) is 4.74 Å². The summed E-state index contributed by atoms with van der Waals surface area (Å²) < 4.78 is 4.31. The van der Waals surface area contributed by atoms with Crippen molar-refractivity contribution in [3.05, 3.63) is 0 Å². The van der Waals surface area contributed by atoms with Gasteiger partial charge in [0.25, 0.3) is 0 Å². The fourth-order valence-corrected chi connectivity index (χ4v) is 0.260. The quantitative estimate of drug-likeness (QED) is 0.306. The minimum Gasteiger partial charge on any atom is -0.475 e. The lowest BCUT2D eigenvalue weighted by atomic mass is 10.2. The third-order valence-corrected chi connectivity index (χ3v) is 0.729. The second kappa shape index (κ2) is 3.78. The summed E-state index contributed by atoms with van der Waals surface area (Å²) in [4.78, 5) is 10.3. The number of hydrogen-bond acceptors (Lipinski definition) is 2. The Balaban J connectivity index is 3.33. The molecule has 2 nitrogen and oxygen atoms in total. The minimum atomic E-state index is -0.599. The van der Waals surface area contributed by atoms with Gasteiger partial charge in [0, 0.05) is 6.51 Å². The van der Waals surface area contributed by atoms with E-state index in [1.807, 2.05) is 0 Å². The van der Waals surface area contributed by atoms with Gasteiger partial charge in [-0.3, -0.25) is 4.79 Å². The van der Waals surface area contributed by atoms with Crippen LogP contribution in [0.1, 0.15) is 6.92 Å². The first-order valence-corrected chi connectivity index (χ1v) is 2.63. The summed E-state index contributed by atoms with van der Waals surface area (Å²) in [5.74, 6) is -0.478. The van der Waals surface area contributed by atoms with Crippen molar-refractivity contribution in [2.24, 2.45) is 0 Å². The van der Waals surface area contributed by atoms with Crippen LogP contribution in [0.4, 0.5) is 0 Å². The highest BCUT2D eigenvalue weighted by atomic mass is 35.5. The summed E-state index contributed by atoms with van der Waals surface area (Å²) >= 11 is 5.28. The minimum absolute atomic E-state index is 0.101. The molecule has 0 spiro atoms. The number of hydrogen-bond donors (Lipinski definition) is 0. The van der Waals surface area contributed by atoms with Gasteiger partial charge in [-0.15, -0.1) is 11.6 Å². The van der Waals surface area contributed by atoms with Gasteiger partial charge in [0.2, 0.25) is 0 Å². The highest BCUT2D eigenvalue weighted by Crippen LogP contribution is 1.94. The van der Waals surface area contributed by atoms with Gasteiger partial charge >= 0.3 is 5.97 Å². The molecule has 0 heterocycles. The highest BCUT2D eigenvalue weighted by Gasteiger charge is 2.07. The van der Waals surface area contributed by atoms with Crippen molar-refractivity contribution in [2.45, 2.75) is 12.3 Å². The fourth-order valence-electron chi connectivity index (χ4n) is 0.197. The molecule has 0 aromatic carbocycles. The number of carbonyl (C=O) groups is 1. The molecule has 0 bridgehead atoms. The van der Waals surface area contributed by atoms with Crippen LogP contribution < -0.4 is 0 Å². The molecule has 8 heavy (non-hydrogen) atoms. The number of ether oxygens (including phenoxy) is 1. The predicted octanol–water partition coefficient (Wildman–Crippen LogP) is 0.283. The maximum Gasteiger partial charge on any atom is 0.322 e. The third kappa shape index (κ3) is 2.91. The summed E-state index contributed by atoms with van der Waals surface area (Å²) in [6, 6.07) is 0. The molecule has 1 atom stereocenters. The molecule has 0 rings (SSSR count). The van der Waals surface area contributed by atoms with Crippen molar-refractivity contribution in [3.8, 4) is 0 Å².